The summed E-state index contributed by atoms with van der Waals surface area (Å²) in [5, 5.41) is 4.55. The van der Waals surface area contributed by atoms with E-state index in [0.29, 0.717) is 22.5 Å². The fourth-order valence-electron chi connectivity index (χ4n) is 2.46. The summed E-state index contributed by atoms with van der Waals surface area (Å²) in [6.07, 6.45) is -0.366. The molecule has 0 aliphatic rings. The third-order valence-corrected chi connectivity index (χ3v) is 3.85. The molecule has 0 bridgehead atoms. The highest BCUT2D eigenvalue weighted by molar-refractivity contribution is 6.32. The first-order valence-electron chi connectivity index (χ1n) is 7.96. The maximum atomic E-state index is 6.28. The third kappa shape index (κ3) is 4.00. The molecule has 25 heavy (non-hydrogen) atoms. The summed E-state index contributed by atoms with van der Waals surface area (Å²) >= 11 is 6.28. The Labute approximate surface area is 151 Å². The predicted octanol–water partition coefficient (Wildman–Crippen LogP) is 4.91. The first-order chi connectivity index (χ1) is 12.1. The standard InChI is InChI=1S/C19H19ClN2O3/c1-12(2)24-16-10-9-14(11-15(16)20)18-21-19(25-22-18)17(23-3)13-7-5-4-6-8-13/h4-12,17H,1-3H3/t17-/m1/s1. The van der Waals surface area contributed by atoms with Crippen LogP contribution < -0.4 is 4.74 Å². The van der Waals surface area contributed by atoms with Crippen molar-refractivity contribution in [2.45, 2.75) is 26.1 Å². The summed E-state index contributed by atoms with van der Waals surface area (Å²) in [7, 11) is 1.61. The van der Waals surface area contributed by atoms with E-state index in [-0.39, 0.29) is 6.10 Å². The van der Waals surface area contributed by atoms with Gasteiger partial charge in [0.1, 0.15) is 5.75 Å². The maximum Gasteiger partial charge on any atom is 0.260 e. The SMILES string of the molecule is CO[C@H](c1ccccc1)c1nc(-c2ccc(OC(C)C)c(Cl)c2)no1. The van der Waals surface area contributed by atoms with Crippen LogP contribution in [0.15, 0.2) is 53.1 Å². The maximum absolute atomic E-state index is 6.28. The number of rotatable bonds is 6. The average molecular weight is 359 g/mol. The summed E-state index contributed by atoms with van der Waals surface area (Å²) in [4.78, 5) is 4.46. The van der Waals surface area contributed by atoms with Gasteiger partial charge in [-0.2, -0.15) is 4.98 Å². The number of nitrogens with zero attached hydrogens (tertiary/aromatic N) is 2. The smallest absolute Gasteiger partial charge is 0.260 e. The van der Waals surface area contributed by atoms with Gasteiger partial charge in [-0.25, -0.2) is 0 Å². The highest BCUT2D eigenvalue weighted by Crippen LogP contribution is 2.31. The molecule has 3 rings (SSSR count). The van der Waals surface area contributed by atoms with Crippen LogP contribution in [0.3, 0.4) is 0 Å². The molecule has 0 fully saturated rings. The van der Waals surface area contributed by atoms with Crippen molar-refractivity contribution in [1.82, 2.24) is 10.1 Å². The summed E-state index contributed by atoms with van der Waals surface area (Å²) in [6, 6.07) is 15.1. The van der Waals surface area contributed by atoms with Gasteiger partial charge in [0.15, 0.2) is 6.10 Å². The molecule has 0 spiro atoms. The van der Waals surface area contributed by atoms with Gasteiger partial charge in [0.2, 0.25) is 5.82 Å². The largest absolute Gasteiger partial charge is 0.489 e. The number of benzene rings is 2. The van der Waals surface area contributed by atoms with E-state index in [9.17, 15) is 0 Å². The molecule has 130 valence electrons. The van der Waals surface area contributed by atoms with Gasteiger partial charge >= 0.3 is 0 Å². The normalized spacial score (nSPS) is 12.4. The van der Waals surface area contributed by atoms with E-state index in [2.05, 4.69) is 10.1 Å². The van der Waals surface area contributed by atoms with Crippen molar-refractivity contribution in [2.75, 3.05) is 7.11 Å². The number of methoxy groups -OCH3 is 1. The molecule has 5 nitrogen and oxygen atoms in total. The summed E-state index contributed by atoms with van der Waals surface area (Å²) < 4.78 is 16.6. The average Bonchev–Trinajstić information content (AvgIpc) is 3.08. The van der Waals surface area contributed by atoms with Crippen LogP contribution in [0.5, 0.6) is 5.75 Å². The monoisotopic (exact) mass is 358 g/mol. The molecule has 1 heterocycles. The van der Waals surface area contributed by atoms with Gasteiger partial charge in [-0.05, 0) is 37.6 Å². The molecule has 0 saturated heterocycles. The van der Waals surface area contributed by atoms with Crippen molar-refractivity contribution in [3.8, 4) is 17.1 Å². The van der Waals surface area contributed by atoms with E-state index >= 15 is 0 Å². The molecule has 1 aromatic heterocycles. The summed E-state index contributed by atoms with van der Waals surface area (Å²) in [5.41, 5.74) is 1.69. The Hall–Kier alpha value is -2.37. The van der Waals surface area contributed by atoms with Crippen LogP contribution in [0, 0.1) is 0 Å². The van der Waals surface area contributed by atoms with Crippen LogP contribution in [-0.4, -0.2) is 23.4 Å². The zero-order valence-corrected chi connectivity index (χ0v) is 15.0. The molecular formula is C19H19ClN2O3. The minimum absolute atomic E-state index is 0.0495. The molecular weight excluding hydrogens is 340 g/mol. The lowest BCUT2D eigenvalue weighted by Gasteiger charge is -2.11. The lowest BCUT2D eigenvalue weighted by atomic mass is 10.1. The zero-order valence-electron chi connectivity index (χ0n) is 14.3. The molecule has 0 radical (unpaired) electrons. The molecule has 1 atom stereocenters. The first-order valence-corrected chi connectivity index (χ1v) is 8.34. The highest BCUT2D eigenvalue weighted by atomic mass is 35.5. The van der Waals surface area contributed by atoms with Crippen molar-refractivity contribution in [3.05, 3.63) is 65.0 Å². The lowest BCUT2D eigenvalue weighted by molar-refractivity contribution is 0.105. The van der Waals surface area contributed by atoms with Crippen molar-refractivity contribution < 1.29 is 14.0 Å². The van der Waals surface area contributed by atoms with E-state index in [4.69, 9.17) is 25.6 Å². The molecule has 0 N–H and O–H groups in total. The minimum Gasteiger partial charge on any atom is -0.489 e. The molecule has 0 unspecified atom stereocenters. The quantitative estimate of drug-likeness (QED) is 0.626. The lowest BCUT2D eigenvalue weighted by Crippen LogP contribution is -2.05. The number of halogens is 1. The first kappa shape index (κ1) is 17.5. The Kier molecular flexibility index (Phi) is 5.36. The van der Waals surface area contributed by atoms with Crippen LogP contribution >= 0.6 is 11.6 Å². The van der Waals surface area contributed by atoms with Crippen LogP contribution in [0.2, 0.25) is 5.02 Å². The fourth-order valence-corrected chi connectivity index (χ4v) is 2.68. The molecule has 0 amide bonds. The third-order valence-electron chi connectivity index (χ3n) is 3.56. The molecule has 0 saturated carbocycles. The van der Waals surface area contributed by atoms with E-state index in [1.165, 1.54) is 0 Å². The highest BCUT2D eigenvalue weighted by Gasteiger charge is 2.21. The van der Waals surface area contributed by atoms with Crippen molar-refractivity contribution >= 4 is 11.6 Å². The molecule has 3 aromatic rings. The second kappa shape index (κ2) is 7.68. The fraction of sp³-hybridized carbons (Fsp3) is 0.263. The van der Waals surface area contributed by atoms with Crippen LogP contribution in [0.4, 0.5) is 0 Å². The predicted molar refractivity (Wildman–Crippen MR) is 95.8 cm³/mol. The van der Waals surface area contributed by atoms with Gasteiger partial charge in [0.05, 0.1) is 11.1 Å². The van der Waals surface area contributed by atoms with Crippen LogP contribution in [-0.2, 0) is 4.74 Å². The van der Waals surface area contributed by atoms with E-state index < -0.39 is 6.10 Å². The van der Waals surface area contributed by atoms with Gasteiger partial charge in [0, 0.05) is 12.7 Å². The van der Waals surface area contributed by atoms with Gasteiger partial charge in [-0.1, -0.05) is 47.1 Å². The van der Waals surface area contributed by atoms with Gasteiger partial charge in [-0.3, -0.25) is 0 Å². The second-order valence-electron chi connectivity index (χ2n) is 5.79. The van der Waals surface area contributed by atoms with Crippen molar-refractivity contribution in [3.63, 3.8) is 0 Å². The number of aromatic nitrogens is 2. The van der Waals surface area contributed by atoms with Gasteiger partial charge in [-0.15, -0.1) is 0 Å². The Bertz CT molecular complexity index is 834. The molecule has 2 aromatic carbocycles. The van der Waals surface area contributed by atoms with Gasteiger partial charge in [0.25, 0.3) is 5.89 Å². The molecule has 0 aliphatic carbocycles. The second-order valence-corrected chi connectivity index (χ2v) is 6.20. The van der Waals surface area contributed by atoms with Crippen LogP contribution in [0.25, 0.3) is 11.4 Å². The Morgan fingerprint density at radius 1 is 1.08 bits per heavy atom. The van der Waals surface area contributed by atoms with Crippen LogP contribution in [0.1, 0.15) is 31.4 Å². The van der Waals surface area contributed by atoms with E-state index in [1.807, 2.05) is 50.2 Å². The van der Waals surface area contributed by atoms with Gasteiger partial charge < -0.3 is 14.0 Å². The van der Waals surface area contributed by atoms with Crippen molar-refractivity contribution in [2.24, 2.45) is 0 Å². The number of ether oxygens (including phenoxy) is 2. The summed E-state index contributed by atoms with van der Waals surface area (Å²) in [6.45, 7) is 3.90. The number of hydrogen-bond donors (Lipinski definition) is 0. The van der Waals surface area contributed by atoms with Crippen molar-refractivity contribution in [1.29, 1.82) is 0 Å². The minimum atomic E-state index is -0.415. The van der Waals surface area contributed by atoms with E-state index in [0.717, 1.165) is 11.1 Å². The molecule has 6 heteroatoms. The summed E-state index contributed by atoms with van der Waals surface area (Å²) in [5.74, 6) is 1.47. The number of hydrogen-bond acceptors (Lipinski definition) is 5. The topological polar surface area (TPSA) is 57.4 Å². The Balaban J connectivity index is 1.87. The zero-order chi connectivity index (χ0) is 17.8. The Morgan fingerprint density at radius 2 is 1.84 bits per heavy atom. The Morgan fingerprint density at radius 3 is 2.48 bits per heavy atom. The van der Waals surface area contributed by atoms with E-state index in [1.54, 1.807) is 19.2 Å². The molecule has 0 aliphatic heterocycles.